The molecular formula is C18H18N4O6. The van der Waals surface area contributed by atoms with Gasteiger partial charge in [0.15, 0.2) is 11.0 Å². The summed E-state index contributed by atoms with van der Waals surface area (Å²) in [5.74, 6) is -3.18. The third-order valence-electron chi connectivity index (χ3n) is 5.49. The number of aromatic nitrogens is 2. The lowest BCUT2D eigenvalue weighted by molar-refractivity contribution is -0.145. The standard InChI is InChI=1S/C18H18N4O6/c23-17(13-11-3-4-12(27-11)14(13)18(24)25)19-9-1-2-10(16-15(9)20-28-21-16)22-5-7-26-8-6-22/h1-4,11-14H,5-8H2,(H,19,23)(H,24,25)/t11-,12-,13+,14+/m1/s1. The molecule has 3 aliphatic heterocycles. The smallest absolute Gasteiger partial charge is 0.310 e. The van der Waals surface area contributed by atoms with Gasteiger partial charge in [0.05, 0.1) is 42.7 Å². The van der Waals surface area contributed by atoms with Crippen molar-refractivity contribution in [2.75, 3.05) is 36.5 Å². The minimum atomic E-state index is -1.05. The number of nitrogens with zero attached hydrogens (tertiary/aromatic N) is 3. The van der Waals surface area contributed by atoms with Gasteiger partial charge < -0.3 is 24.8 Å². The van der Waals surface area contributed by atoms with Crippen molar-refractivity contribution in [2.45, 2.75) is 12.2 Å². The maximum absolute atomic E-state index is 12.9. The van der Waals surface area contributed by atoms with Crippen LogP contribution in [0.3, 0.4) is 0 Å². The van der Waals surface area contributed by atoms with Crippen molar-refractivity contribution >= 4 is 34.3 Å². The number of rotatable bonds is 4. The Morgan fingerprint density at radius 3 is 2.54 bits per heavy atom. The van der Waals surface area contributed by atoms with Gasteiger partial charge in [0.1, 0.15) is 5.92 Å². The van der Waals surface area contributed by atoms with E-state index in [1.807, 2.05) is 6.07 Å². The lowest BCUT2D eigenvalue weighted by atomic mass is 9.82. The molecule has 3 aliphatic rings. The van der Waals surface area contributed by atoms with E-state index in [4.69, 9.17) is 14.1 Å². The fourth-order valence-corrected chi connectivity index (χ4v) is 4.14. The Morgan fingerprint density at radius 2 is 1.79 bits per heavy atom. The second-order valence-electron chi connectivity index (χ2n) is 7.02. The lowest BCUT2D eigenvalue weighted by Gasteiger charge is -2.29. The van der Waals surface area contributed by atoms with Gasteiger partial charge in [-0.3, -0.25) is 9.59 Å². The highest BCUT2D eigenvalue weighted by Crippen LogP contribution is 2.40. The van der Waals surface area contributed by atoms with E-state index in [2.05, 4.69) is 20.5 Å². The molecule has 1 aromatic carbocycles. The molecule has 0 unspecified atom stereocenters. The van der Waals surface area contributed by atoms with Crippen molar-refractivity contribution in [1.82, 2.24) is 10.3 Å². The summed E-state index contributed by atoms with van der Waals surface area (Å²) in [6.45, 7) is 2.70. The van der Waals surface area contributed by atoms with E-state index in [9.17, 15) is 14.7 Å². The summed E-state index contributed by atoms with van der Waals surface area (Å²) in [4.78, 5) is 26.6. The van der Waals surface area contributed by atoms with Crippen LogP contribution < -0.4 is 10.2 Å². The summed E-state index contributed by atoms with van der Waals surface area (Å²) >= 11 is 0. The van der Waals surface area contributed by atoms with Gasteiger partial charge in [0, 0.05) is 13.1 Å². The maximum atomic E-state index is 12.9. The Hall–Kier alpha value is -2.98. The van der Waals surface area contributed by atoms with Gasteiger partial charge >= 0.3 is 5.97 Å². The first kappa shape index (κ1) is 17.1. The number of hydrogen-bond acceptors (Lipinski definition) is 8. The minimum absolute atomic E-state index is 0.420. The number of carboxylic acids is 1. The molecule has 1 aromatic heterocycles. The Kier molecular flexibility index (Phi) is 4.02. The Morgan fingerprint density at radius 1 is 1.07 bits per heavy atom. The number of amides is 1. The van der Waals surface area contributed by atoms with E-state index < -0.39 is 35.9 Å². The molecular weight excluding hydrogens is 368 g/mol. The predicted octanol–water partition coefficient (Wildman–Crippen LogP) is 0.652. The number of benzene rings is 1. The molecule has 10 nitrogen and oxygen atoms in total. The van der Waals surface area contributed by atoms with Crippen molar-refractivity contribution in [3.63, 3.8) is 0 Å². The van der Waals surface area contributed by atoms with Gasteiger partial charge in [-0.05, 0) is 22.4 Å². The average molecular weight is 386 g/mol. The molecule has 2 fully saturated rings. The Balaban J connectivity index is 1.43. The van der Waals surface area contributed by atoms with E-state index in [0.29, 0.717) is 29.9 Å². The van der Waals surface area contributed by atoms with Crippen LogP contribution in [0.2, 0.25) is 0 Å². The first-order valence-electron chi connectivity index (χ1n) is 9.09. The van der Waals surface area contributed by atoms with Gasteiger partial charge in [0.2, 0.25) is 5.91 Å². The maximum Gasteiger partial charge on any atom is 0.310 e. The number of carbonyl (C=O) groups is 2. The molecule has 4 atom stereocenters. The summed E-state index contributed by atoms with van der Waals surface area (Å²) in [5.41, 5.74) is 2.24. The van der Waals surface area contributed by atoms with E-state index in [1.54, 1.807) is 18.2 Å². The van der Waals surface area contributed by atoms with Gasteiger partial charge in [-0.2, -0.15) is 0 Å². The largest absolute Gasteiger partial charge is 0.481 e. The molecule has 0 radical (unpaired) electrons. The molecule has 10 heteroatoms. The van der Waals surface area contributed by atoms with Crippen molar-refractivity contribution in [3.8, 4) is 0 Å². The molecule has 0 aliphatic carbocycles. The van der Waals surface area contributed by atoms with Gasteiger partial charge in [-0.1, -0.05) is 12.2 Å². The summed E-state index contributed by atoms with van der Waals surface area (Å²) in [6.07, 6.45) is 2.33. The molecule has 5 rings (SSSR count). The third kappa shape index (κ3) is 2.64. The quantitative estimate of drug-likeness (QED) is 0.728. The fraction of sp³-hybridized carbons (Fsp3) is 0.444. The van der Waals surface area contributed by atoms with Crippen LogP contribution in [-0.4, -0.2) is 65.8 Å². The average Bonchev–Trinajstić information content (AvgIpc) is 3.44. The summed E-state index contributed by atoms with van der Waals surface area (Å²) < 4.78 is 15.9. The molecule has 2 bridgehead atoms. The number of carboxylic acid groups (broad SMARTS) is 1. The monoisotopic (exact) mass is 386 g/mol. The zero-order chi connectivity index (χ0) is 19.3. The van der Waals surface area contributed by atoms with Gasteiger partial charge in [0.25, 0.3) is 0 Å². The number of morpholine rings is 1. The normalized spacial score (nSPS) is 28.8. The number of ether oxygens (including phenoxy) is 2. The van der Waals surface area contributed by atoms with Crippen LogP contribution in [0.15, 0.2) is 28.9 Å². The number of carbonyl (C=O) groups excluding carboxylic acids is 1. The van der Waals surface area contributed by atoms with Crippen LogP contribution in [0, 0.1) is 11.8 Å². The number of fused-ring (bicyclic) bond motifs is 3. The summed E-state index contributed by atoms with van der Waals surface area (Å²) in [7, 11) is 0. The van der Waals surface area contributed by atoms with E-state index >= 15 is 0 Å². The van der Waals surface area contributed by atoms with Gasteiger partial charge in [-0.15, -0.1) is 0 Å². The number of anilines is 2. The first-order valence-corrected chi connectivity index (χ1v) is 9.09. The van der Waals surface area contributed by atoms with Crippen LogP contribution in [0.25, 0.3) is 11.0 Å². The zero-order valence-corrected chi connectivity index (χ0v) is 14.8. The Bertz CT molecular complexity index is 966. The molecule has 0 spiro atoms. The van der Waals surface area contributed by atoms with Crippen LogP contribution in [0.1, 0.15) is 0 Å². The van der Waals surface area contributed by atoms with Crippen molar-refractivity contribution in [1.29, 1.82) is 0 Å². The zero-order valence-electron chi connectivity index (χ0n) is 14.8. The third-order valence-corrected chi connectivity index (χ3v) is 5.49. The molecule has 4 heterocycles. The summed E-state index contributed by atoms with van der Waals surface area (Å²) in [6, 6.07) is 3.58. The second kappa shape index (κ2) is 6.57. The fourth-order valence-electron chi connectivity index (χ4n) is 4.14. The van der Waals surface area contributed by atoms with Gasteiger partial charge in [-0.25, -0.2) is 4.63 Å². The van der Waals surface area contributed by atoms with Crippen molar-refractivity contribution in [3.05, 3.63) is 24.3 Å². The lowest BCUT2D eigenvalue weighted by Crippen LogP contribution is -2.39. The van der Waals surface area contributed by atoms with Crippen molar-refractivity contribution < 1.29 is 28.8 Å². The molecule has 0 saturated carbocycles. The van der Waals surface area contributed by atoms with Crippen LogP contribution in [0.5, 0.6) is 0 Å². The van der Waals surface area contributed by atoms with E-state index in [-0.39, 0.29) is 0 Å². The number of hydrogen-bond donors (Lipinski definition) is 2. The molecule has 28 heavy (non-hydrogen) atoms. The highest BCUT2D eigenvalue weighted by atomic mass is 16.6. The molecule has 2 N–H and O–H groups in total. The first-order chi connectivity index (χ1) is 13.6. The highest BCUT2D eigenvalue weighted by Gasteiger charge is 2.53. The van der Waals surface area contributed by atoms with Crippen LogP contribution >= 0.6 is 0 Å². The summed E-state index contributed by atoms with van der Waals surface area (Å²) in [5, 5.41) is 20.2. The molecule has 1 amide bonds. The Labute approximate surface area is 159 Å². The number of nitrogens with one attached hydrogen (secondary N) is 1. The van der Waals surface area contributed by atoms with Crippen LogP contribution in [0.4, 0.5) is 11.4 Å². The SMILES string of the molecule is O=C(O)[C@@H]1[C@@H](C(=O)Nc2ccc(N3CCOCC3)c3nonc23)[C@H]2C=C[C@H]1O2. The van der Waals surface area contributed by atoms with Crippen molar-refractivity contribution in [2.24, 2.45) is 11.8 Å². The van der Waals surface area contributed by atoms with Crippen LogP contribution in [-0.2, 0) is 19.1 Å². The highest BCUT2D eigenvalue weighted by molar-refractivity contribution is 6.04. The van der Waals surface area contributed by atoms with E-state index in [0.717, 1.165) is 18.8 Å². The number of aliphatic carboxylic acids is 1. The minimum Gasteiger partial charge on any atom is -0.481 e. The topological polar surface area (TPSA) is 127 Å². The molecule has 146 valence electrons. The second-order valence-corrected chi connectivity index (χ2v) is 7.02. The van der Waals surface area contributed by atoms with E-state index in [1.165, 1.54) is 0 Å². The molecule has 2 saturated heterocycles. The predicted molar refractivity (Wildman–Crippen MR) is 95.9 cm³/mol. The molecule has 2 aromatic rings.